The van der Waals surface area contributed by atoms with E-state index < -0.39 is 29.8 Å². The number of fused-ring (bicyclic) bond motifs is 1. The number of carboxylic acid groups (broad SMARTS) is 1. The molecule has 1 amide bonds. The van der Waals surface area contributed by atoms with Crippen molar-refractivity contribution in [3.63, 3.8) is 0 Å². The van der Waals surface area contributed by atoms with Crippen molar-refractivity contribution in [1.82, 2.24) is 4.90 Å². The topological polar surface area (TPSA) is 76.1 Å². The number of ether oxygens (including phenoxy) is 2. The zero-order chi connectivity index (χ0) is 15.0. The fourth-order valence-corrected chi connectivity index (χ4v) is 2.62. The third kappa shape index (κ3) is 2.44. The van der Waals surface area contributed by atoms with Crippen LogP contribution < -0.4 is 4.74 Å². The van der Waals surface area contributed by atoms with Crippen LogP contribution in [0.15, 0.2) is 18.2 Å². The number of hydrogen-bond donors (Lipinski definition) is 1. The van der Waals surface area contributed by atoms with Crippen LogP contribution in [0.2, 0.25) is 0 Å². The van der Waals surface area contributed by atoms with Gasteiger partial charge < -0.3 is 19.5 Å². The maximum atomic E-state index is 13.6. The van der Waals surface area contributed by atoms with Crippen molar-refractivity contribution in [2.75, 3.05) is 19.8 Å². The van der Waals surface area contributed by atoms with Gasteiger partial charge in [0.2, 0.25) is 0 Å². The minimum absolute atomic E-state index is 0.0465. The molecule has 0 spiro atoms. The van der Waals surface area contributed by atoms with Gasteiger partial charge in [-0.3, -0.25) is 4.79 Å². The summed E-state index contributed by atoms with van der Waals surface area (Å²) >= 11 is 0. The number of carboxylic acids is 1. The van der Waals surface area contributed by atoms with Crippen molar-refractivity contribution in [3.8, 4) is 5.75 Å². The molecule has 0 aromatic heterocycles. The van der Waals surface area contributed by atoms with Crippen molar-refractivity contribution in [2.24, 2.45) is 0 Å². The molecule has 2 aliphatic heterocycles. The quantitative estimate of drug-likeness (QED) is 0.857. The molecule has 0 saturated carbocycles. The second-order valence-electron chi connectivity index (χ2n) is 5.00. The minimum atomic E-state index is -1.12. The molecular formula is C14H14FNO5. The van der Waals surface area contributed by atoms with Gasteiger partial charge in [-0.1, -0.05) is 12.1 Å². The molecule has 3 rings (SSSR count). The zero-order valence-electron chi connectivity index (χ0n) is 11.1. The molecule has 1 fully saturated rings. The molecule has 0 bridgehead atoms. The largest absolute Gasteiger partial charge is 0.480 e. The predicted molar refractivity (Wildman–Crippen MR) is 68.5 cm³/mol. The van der Waals surface area contributed by atoms with E-state index in [0.29, 0.717) is 5.56 Å². The number of rotatable bonds is 2. The molecule has 2 heterocycles. The minimum Gasteiger partial charge on any atom is -0.480 e. The molecule has 112 valence electrons. The zero-order valence-corrected chi connectivity index (χ0v) is 11.1. The predicted octanol–water partition coefficient (Wildman–Crippen LogP) is 0.441. The van der Waals surface area contributed by atoms with E-state index in [1.54, 1.807) is 12.1 Å². The van der Waals surface area contributed by atoms with Gasteiger partial charge in [0.25, 0.3) is 5.91 Å². The van der Waals surface area contributed by atoms with Crippen LogP contribution in [0.1, 0.15) is 5.56 Å². The standard InChI is InChI=1S/C14H14FNO5/c15-9-3-1-2-8-6-11(21-12(8)9)13(17)16-4-5-20-7-10(16)14(18)19/h1-3,10-11H,4-7H2,(H,18,19). The van der Waals surface area contributed by atoms with E-state index in [1.165, 1.54) is 11.0 Å². The lowest BCUT2D eigenvalue weighted by atomic mass is 10.1. The van der Waals surface area contributed by atoms with Gasteiger partial charge in [-0.05, 0) is 6.07 Å². The van der Waals surface area contributed by atoms with Gasteiger partial charge in [0.1, 0.15) is 0 Å². The SMILES string of the molecule is O=C(O)C1COCCN1C(=O)C1Cc2cccc(F)c2O1. The second-order valence-corrected chi connectivity index (χ2v) is 5.00. The van der Waals surface area contributed by atoms with Crippen molar-refractivity contribution < 1.29 is 28.6 Å². The Kier molecular flexibility index (Phi) is 3.50. The van der Waals surface area contributed by atoms with Crippen molar-refractivity contribution >= 4 is 11.9 Å². The summed E-state index contributed by atoms with van der Waals surface area (Å²) in [6.07, 6.45) is -0.632. The summed E-state index contributed by atoms with van der Waals surface area (Å²) in [5, 5.41) is 9.14. The van der Waals surface area contributed by atoms with Crippen molar-refractivity contribution in [2.45, 2.75) is 18.6 Å². The molecule has 2 unspecified atom stereocenters. The number of aliphatic carboxylic acids is 1. The Balaban J connectivity index is 1.78. The number of nitrogens with zero attached hydrogens (tertiary/aromatic N) is 1. The van der Waals surface area contributed by atoms with E-state index in [2.05, 4.69) is 0 Å². The number of benzene rings is 1. The van der Waals surface area contributed by atoms with Crippen LogP contribution in [0.4, 0.5) is 4.39 Å². The van der Waals surface area contributed by atoms with Gasteiger partial charge in [0.05, 0.1) is 13.2 Å². The van der Waals surface area contributed by atoms with Crippen LogP contribution in [0, 0.1) is 5.82 Å². The third-order valence-corrected chi connectivity index (χ3v) is 3.69. The molecule has 1 N–H and O–H groups in total. The molecule has 0 radical (unpaired) electrons. The molecule has 1 aromatic rings. The lowest BCUT2D eigenvalue weighted by molar-refractivity contribution is -0.161. The molecular weight excluding hydrogens is 281 g/mol. The summed E-state index contributed by atoms with van der Waals surface area (Å²) in [6.45, 7) is 0.424. The first-order valence-electron chi connectivity index (χ1n) is 6.63. The van der Waals surface area contributed by atoms with E-state index in [9.17, 15) is 14.0 Å². The molecule has 2 aliphatic rings. The fourth-order valence-electron chi connectivity index (χ4n) is 2.62. The Morgan fingerprint density at radius 1 is 1.38 bits per heavy atom. The van der Waals surface area contributed by atoms with Gasteiger partial charge in [0.15, 0.2) is 23.7 Å². The van der Waals surface area contributed by atoms with Crippen LogP contribution >= 0.6 is 0 Å². The number of carbonyl (C=O) groups excluding carboxylic acids is 1. The molecule has 7 heteroatoms. The van der Waals surface area contributed by atoms with Gasteiger partial charge in [-0.2, -0.15) is 0 Å². The first-order chi connectivity index (χ1) is 10.1. The Hall–Kier alpha value is -2.15. The van der Waals surface area contributed by atoms with Crippen LogP contribution in [0.25, 0.3) is 0 Å². The Labute approximate surface area is 120 Å². The summed E-state index contributed by atoms with van der Waals surface area (Å²) < 4.78 is 24.1. The van der Waals surface area contributed by atoms with E-state index >= 15 is 0 Å². The maximum Gasteiger partial charge on any atom is 0.328 e. The van der Waals surface area contributed by atoms with Gasteiger partial charge >= 0.3 is 5.97 Å². The highest BCUT2D eigenvalue weighted by Crippen LogP contribution is 2.32. The number of carbonyl (C=O) groups is 2. The molecule has 1 saturated heterocycles. The van der Waals surface area contributed by atoms with Crippen LogP contribution in [0.5, 0.6) is 5.75 Å². The van der Waals surface area contributed by atoms with Gasteiger partial charge in [0, 0.05) is 18.5 Å². The second kappa shape index (κ2) is 5.33. The van der Waals surface area contributed by atoms with Crippen LogP contribution in [-0.4, -0.2) is 53.8 Å². The molecule has 0 aliphatic carbocycles. The Bertz CT molecular complexity index is 591. The lowest BCUT2D eigenvalue weighted by Gasteiger charge is -2.34. The van der Waals surface area contributed by atoms with Crippen molar-refractivity contribution in [1.29, 1.82) is 0 Å². The third-order valence-electron chi connectivity index (χ3n) is 3.69. The molecule has 1 aromatic carbocycles. The summed E-state index contributed by atoms with van der Waals surface area (Å²) in [4.78, 5) is 24.9. The molecule has 2 atom stereocenters. The highest BCUT2D eigenvalue weighted by atomic mass is 19.1. The highest BCUT2D eigenvalue weighted by Gasteiger charge is 2.40. The van der Waals surface area contributed by atoms with Gasteiger partial charge in [-0.25, -0.2) is 9.18 Å². The highest BCUT2D eigenvalue weighted by molar-refractivity contribution is 5.87. The maximum absolute atomic E-state index is 13.6. The van der Waals surface area contributed by atoms with Crippen molar-refractivity contribution in [3.05, 3.63) is 29.6 Å². The summed E-state index contributed by atoms with van der Waals surface area (Å²) in [7, 11) is 0. The normalized spacial score (nSPS) is 24.3. The number of para-hydroxylation sites is 1. The van der Waals surface area contributed by atoms with E-state index in [-0.39, 0.29) is 31.9 Å². The molecule has 21 heavy (non-hydrogen) atoms. The lowest BCUT2D eigenvalue weighted by Crippen LogP contribution is -2.56. The van der Waals surface area contributed by atoms with Gasteiger partial charge in [-0.15, -0.1) is 0 Å². The number of morpholine rings is 1. The summed E-state index contributed by atoms with van der Waals surface area (Å²) in [5.41, 5.74) is 0.619. The van der Waals surface area contributed by atoms with Crippen LogP contribution in [0.3, 0.4) is 0 Å². The number of hydrogen-bond acceptors (Lipinski definition) is 4. The monoisotopic (exact) mass is 295 g/mol. The smallest absolute Gasteiger partial charge is 0.328 e. The molecule has 6 nitrogen and oxygen atoms in total. The Morgan fingerprint density at radius 3 is 2.90 bits per heavy atom. The van der Waals surface area contributed by atoms with Crippen LogP contribution in [-0.2, 0) is 20.7 Å². The van der Waals surface area contributed by atoms with E-state index in [4.69, 9.17) is 14.6 Å². The first kappa shape index (κ1) is 13.8. The number of halogens is 1. The van der Waals surface area contributed by atoms with E-state index in [0.717, 1.165) is 0 Å². The average molecular weight is 295 g/mol. The first-order valence-corrected chi connectivity index (χ1v) is 6.63. The van der Waals surface area contributed by atoms with E-state index in [1.807, 2.05) is 0 Å². The summed E-state index contributed by atoms with van der Waals surface area (Å²) in [6, 6.07) is 3.49. The average Bonchev–Trinajstić information content (AvgIpc) is 2.92. The fraction of sp³-hybridized carbons (Fsp3) is 0.429. The Morgan fingerprint density at radius 2 is 2.19 bits per heavy atom. The summed E-state index contributed by atoms with van der Waals surface area (Å²) in [5.74, 6) is -2.00. The number of amides is 1.